The zero-order valence-corrected chi connectivity index (χ0v) is 14.7. The van der Waals surface area contributed by atoms with Crippen LogP contribution in [0.2, 0.25) is 0 Å². The van der Waals surface area contributed by atoms with Crippen molar-refractivity contribution in [2.75, 3.05) is 12.4 Å². The molecule has 0 aliphatic rings. The van der Waals surface area contributed by atoms with E-state index in [1.807, 2.05) is 37.9 Å². The Kier molecular flexibility index (Phi) is 3.84. The number of imidazole rings is 1. The third-order valence-electron chi connectivity index (χ3n) is 4.57. The van der Waals surface area contributed by atoms with E-state index in [9.17, 15) is 0 Å². The Balaban J connectivity index is 1.97. The predicted molar refractivity (Wildman–Crippen MR) is 102 cm³/mol. The quantitative estimate of drug-likeness (QED) is 0.607. The van der Waals surface area contributed by atoms with E-state index in [0.717, 1.165) is 52.0 Å². The highest BCUT2D eigenvalue weighted by Crippen LogP contribution is 2.31. The van der Waals surface area contributed by atoms with Gasteiger partial charge >= 0.3 is 0 Å². The Hall–Kier alpha value is -2.95. The lowest BCUT2D eigenvalue weighted by molar-refractivity contribution is 0.881. The highest BCUT2D eigenvalue weighted by atomic mass is 15.0. The van der Waals surface area contributed by atoms with Crippen molar-refractivity contribution in [1.29, 1.82) is 0 Å². The molecule has 4 aromatic heterocycles. The number of hydrogen-bond donors (Lipinski definition) is 1. The monoisotopic (exact) mass is 331 g/mol. The fraction of sp³-hybridized carbons (Fsp3) is 0.250. The van der Waals surface area contributed by atoms with Crippen molar-refractivity contribution >= 4 is 22.4 Å². The Morgan fingerprint density at radius 1 is 1.04 bits per heavy atom. The van der Waals surface area contributed by atoms with Gasteiger partial charge in [-0.3, -0.25) is 9.38 Å². The lowest BCUT2D eigenvalue weighted by atomic mass is 10.0. The molecule has 4 heterocycles. The van der Waals surface area contributed by atoms with Gasteiger partial charge in [0.15, 0.2) is 0 Å². The van der Waals surface area contributed by atoms with Crippen LogP contribution in [0.15, 0.2) is 43.0 Å². The van der Waals surface area contributed by atoms with Crippen LogP contribution in [0.25, 0.3) is 27.7 Å². The maximum absolute atomic E-state index is 4.64. The number of nitrogens with zero attached hydrogens (tertiary/aromatic N) is 4. The molecule has 0 fully saturated rings. The van der Waals surface area contributed by atoms with Gasteiger partial charge in [0, 0.05) is 60.1 Å². The summed E-state index contributed by atoms with van der Waals surface area (Å²) in [6.45, 7) is 4.32. The fourth-order valence-corrected chi connectivity index (χ4v) is 3.32. The topological polar surface area (TPSA) is 55.1 Å². The highest BCUT2D eigenvalue weighted by Gasteiger charge is 2.13. The Morgan fingerprint density at radius 2 is 1.92 bits per heavy atom. The van der Waals surface area contributed by atoms with Crippen molar-refractivity contribution in [3.63, 3.8) is 0 Å². The third kappa shape index (κ3) is 2.61. The summed E-state index contributed by atoms with van der Waals surface area (Å²) in [4.78, 5) is 13.7. The van der Waals surface area contributed by atoms with E-state index < -0.39 is 0 Å². The fourth-order valence-electron chi connectivity index (χ4n) is 3.32. The summed E-state index contributed by atoms with van der Waals surface area (Å²) in [6, 6.07) is 6.39. The van der Waals surface area contributed by atoms with Gasteiger partial charge in [-0.1, -0.05) is 13.3 Å². The number of nitrogens with one attached hydrogen (secondary N) is 1. The molecule has 4 rings (SSSR count). The number of fused-ring (bicyclic) bond motifs is 3. The molecule has 0 aliphatic carbocycles. The van der Waals surface area contributed by atoms with Gasteiger partial charge in [0.2, 0.25) is 0 Å². The first kappa shape index (κ1) is 15.6. The first-order valence-corrected chi connectivity index (χ1v) is 8.60. The molecular formula is C20H21N5. The smallest absolute Gasteiger partial charge is 0.145 e. The van der Waals surface area contributed by atoms with Crippen molar-refractivity contribution in [1.82, 2.24) is 19.4 Å². The molecule has 0 amide bonds. The van der Waals surface area contributed by atoms with Gasteiger partial charge in [0.1, 0.15) is 11.5 Å². The summed E-state index contributed by atoms with van der Waals surface area (Å²) in [5, 5.41) is 4.17. The number of pyridine rings is 3. The van der Waals surface area contributed by atoms with Gasteiger partial charge in [-0.15, -0.1) is 0 Å². The summed E-state index contributed by atoms with van der Waals surface area (Å²) in [7, 11) is 1.88. The molecule has 126 valence electrons. The molecule has 0 unspecified atom stereocenters. The van der Waals surface area contributed by atoms with E-state index >= 15 is 0 Å². The van der Waals surface area contributed by atoms with Crippen LogP contribution in [-0.2, 0) is 6.42 Å². The third-order valence-corrected chi connectivity index (χ3v) is 4.57. The molecule has 0 spiro atoms. The summed E-state index contributed by atoms with van der Waals surface area (Å²) >= 11 is 0. The van der Waals surface area contributed by atoms with E-state index in [-0.39, 0.29) is 0 Å². The van der Waals surface area contributed by atoms with E-state index in [1.54, 1.807) is 0 Å². The van der Waals surface area contributed by atoms with Gasteiger partial charge in [-0.2, -0.15) is 0 Å². The van der Waals surface area contributed by atoms with Crippen molar-refractivity contribution in [3.8, 4) is 11.1 Å². The number of aryl methyl sites for hydroxylation is 2. The van der Waals surface area contributed by atoms with Crippen molar-refractivity contribution in [3.05, 3.63) is 54.2 Å². The van der Waals surface area contributed by atoms with Gasteiger partial charge < -0.3 is 5.32 Å². The molecule has 0 saturated heterocycles. The minimum absolute atomic E-state index is 0.844. The molecule has 0 aromatic carbocycles. The Morgan fingerprint density at radius 3 is 2.68 bits per heavy atom. The molecule has 0 bridgehead atoms. The van der Waals surface area contributed by atoms with E-state index in [2.05, 4.69) is 50.6 Å². The standard InChI is InChI=1S/C20H21N5/c1-4-5-15-8-13(2)17(12-23-15)16-9-14-11-24-19(21-3)10-18(14)25-7-6-22-20(16)25/h6-12H,4-5H2,1-3H3,(H,21,24). The average molecular weight is 331 g/mol. The zero-order valence-electron chi connectivity index (χ0n) is 14.7. The molecule has 4 aromatic rings. The second-order valence-corrected chi connectivity index (χ2v) is 6.30. The van der Waals surface area contributed by atoms with Crippen LogP contribution in [-0.4, -0.2) is 26.4 Å². The zero-order chi connectivity index (χ0) is 17.4. The summed E-state index contributed by atoms with van der Waals surface area (Å²) in [6.07, 6.45) is 9.82. The van der Waals surface area contributed by atoms with Crippen LogP contribution in [0.3, 0.4) is 0 Å². The minimum atomic E-state index is 0.844. The maximum Gasteiger partial charge on any atom is 0.145 e. The van der Waals surface area contributed by atoms with Gasteiger partial charge in [-0.25, -0.2) is 9.97 Å². The van der Waals surface area contributed by atoms with Crippen LogP contribution in [0.4, 0.5) is 5.82 Å². The van der Waals surface area contributed by atoms with Crippen LogP contribution >= 0.6 is 0 Å². The molecule has 25 heavy (non-hydrogen) atoms. The predicted octanol–water partition coefficient (Wildman–Crippen LogP) is 4.25. The average Bonchev–Trinajstić information content (AvgIpc) is 3.11. The second kappa shape index (κ2) is 6.16. The molecule has 0 saturated carbocycles. The van der Waals surface area contributed by atoms with Gasteiger partial charge in [0.25, 0.3) is 0 Å². The van der Waals surface area contributed by atoms with Crippen molar-refractivity contribution in [2.24, 2.45) is 0 Å². The maximum atomic E-state index is 4.64. The SMILES string of the molecule is CCCc1cc(C)c(-c2cc3cnc(NC)cc3n3ccnc23)cn1. The van der Waals surface area contributed by atoms with E-state index in [4.69, 9.17) is 0 Å². The number of aromatic nitrogens is 4. The molecule has 1 N–H and O–H groups in total. The molecule has 5 nitrogen and oxygen atoms in total. The van der Waals surface area contributed by atoms with Crippen molar-refractivity contribution < 1.29 is 0 Å². The first-order valence-electron chi connectivity index (χ1n) is 8.60. The van der Waals surface area contributed by atoms with Crippen LogP contribution in [0, 0.1) is 6.92 Å². The minimum Gasteiger partial charge on any atom is -0.373 e. The number of rotatable bonds is 4. The van der Waals surface area contributed by atoms with Crippen molar-refractivity contribution in [2.45, 2.75) is 26.7 Å². The second-order valence-electron chi connectivity index (χ2n) is 6.30. The van der Waals surface area contributed by atoms with Gasteiger partial charge in [-0.05, 0) is 31.0 Å². The lowest BCUT2D eigenvalue weighted by Crippen LogP contribution is -1.98. The van der Waals surface area contributed by atoms with Crippen LogP contribution in [0.5, 0.6) is 0 Å². The molecule has 0 aliphatic heterocycles. The normalized spacial score (nSPS) is 11.3. The van der Waals surface area contributed by atoms with E-state index in [0.29, 0.717) is 0 Å². The largest absolute Gasteiger partial charge is 0.373 e. The van der Waals surface area contributed by atoms with E-state index in [1.165, 1.54) is 5.56 Å². The lowest BCUT2D eigenvalue weighted by Gasteiger charge is -2.12. The Bertz CT molecular complexity index is 1060. The highest BCUT2D eigenvalue weighted by molar-refractivity contribution is 5.92. The summed E-state index contributed by atoms with van der Waals surface area (Å²) < 4.78 is 2.12. The number of hydrogen-bond acceptors (Lipinski definition) is 4. The van der Waals surface area contributed by atoms with Gasteiger partial charge in [0.05, 0.1) is 5.52 Å². The molecule has 0 atom stereocenters. The van der Waals surface area contributed by atoms with Crippen LogP contribution in [0.1, 0.15) is 24.6 Å². The first-order chi connectivity index (χ1) is 12.2. The van der Waals surface area contributed by atoms with Crippen LogP contribution < -0.4 is 5.32 Å². The number of anilines is 1. The molecule has 5 heteroatoms. The molecule has 0 radical (unpaired) electrons. The Labute approximate surface area is 146 Å². The summed E-state index contributed by atoms with van der Waals surface area (Å²) in [5.74, 6) is 0.844. The molecular weight excluding hydrogens is 310 g/mol. The summed E-state index contributed by atoms with van der Waals surface area (Å²) in [5.41, 5.74) is 6.60.